The molecule has 2 N–H and O–H groups in total. The summed E-state index contributed by atoms with van der Waals surface area (Å²) < 4.78 is 1.97. The predicted octanol–water partition coefficient (Wildman–Crippen LogP) is 2.03. The summed E-state index contributed by atoms with van der Waals surface area (Å²) in [7, 11) is 0. The van der Waals surface area contributed by atoms with E-state index in [-0.39, 0.29) is 6.61 Å². The van der Waals surface area contributed by atoms with Gasteiger partial charge in [0.25, 0.3) is 0 Å². The summed E-state index contributed by atoms with van der Waals surface area (Å²) >= 11 is 0. The minimum Gasteiger partial charge on any atom is -0.394 e. The molecule has 0 fully saturated rings. The molecule has 0 aliphatic heterocycles. The minimum absolute atomic E-state index is 0.165. The van der Waals surface area contributed by atoms with Crippen molar-refractivity contribution >= 4 is 0 Å². The van der Waals surface area contributed by atoms with E-state index < -0.39 is 0 Å². The van der Waals surface area contributed by atoms with Gasteiger partial charge in [0, 0.05) is 23.3 Å². The molecule has 1 atom stereocenters. The number of nitrogens with zero attached hydrogens (tertiary/aromatic N) is 2. The maximum Gasteiger partial charge on any atom is 0.0644 e. The third-order valence-corrected chi connectivity index (χ3v) is 4.00. The van der Waals surface area contributed by atoms with Crippen molar-refractivity contribution in [2.24, 2.45) is 0 Å². The molecule has 2 rings (SSSR count). The molecule has 1 unspecified atom stereocenters. The lowest BCUT2D eigenvalue weighted by Crippen LogP contribution is -2.33. The van der Waals surface area contributed by atoms with Crippen LogP contribution in [0, 0.1) is 0 Å². The highest BCUT2D eigenvalue weighted by Crippen LogP contribution is 2.30. The van der Waals surface area contributed by atoms with Crippen LogP contribution in [0.1, 0.15) is 56.8 Å². The zero-order valence-electron chi connectivity index (χ0n) is 11.5. The zero-order chi connectivity index (χ0) is 13.0. The summed E-state index contributed by atoms with van der Waals surface area (Å²) in [5, 5.41) is 17.2. The molecule has 0 saturated heterocycles. The van der Waals surface area contributed by atoms with Gasteiger partial charge in [0.2, 0.25) is 0 Å². The van der Waals surface area contributed by atoms with Crippen LogP contribution in [-0.2, 0) is 13.0 Å². The number of hydrogen-bond acceptors (Lipinski definition) is 3. The summed E-state index contributed by atoms with van der Waals surface area (Å²) in [6, 6.07) is 1.05. The number of fused-ring (bicyclic) bond motifs is 1. The minimum atomic E-state index is 0.165. The smallest absolute Gasteiger partial charge is 0.0644 e. The first-order valence-corrected chi connectivity index (χ1v) is 7.21. The van der Waals surface area contributed by atoms with Crippen LogP contribution in [0.25, 0.3) is 0 Å². The second kappa shape index (κ2) is 6.34. The van der Waals surface area contributed by atoms with E-state index in [0.717, 1.165) is 6.42 Å². The number of rotatable bonds is 6. The first-order valence-electron chi connectivity index (χ1n) is 7.21. The van der Waals surface area contributed by atoms with Gasteiger partial charge < -0.3 is 10.4 Å². The Bertz CT molecular complexity index is 371. The van der Waals surface area contributed by atoms with Gasteiger partial charge in [-0.3, -0.25) is 4.68 Å². The number of aliphatic hydroxyl groups is 1. The Morgan fingerprint density at radius 2 is 2.28 bits per heavy atom. The van der Waals surface area contributed by atoms with Gasteiger partial charge in [0.1, 0.15) is 0 Å². The number of nitrogens with one attached hydrogen (secondary N) is 1. The fourth-order valence-electron chi connectivity index (χ4n) is 2.89. The van der Waals surface area contributed by atoms with Gasteiger partial charge in [0.05, 0.1) is 19.3 Å². The van der Waals surface area contributed by atoms with E-state index >= 15 is 0 Å². The van der Waals surface area contributed by atoms with Crippen LogP contribution < -0.4 is 5.32 Å². The molecule has 4 nitrogen and oxygen atoms in total. The van der Waals surface area contributed by atoms with E-state index in [2.05, 4.69) is 24.3 Å². The van der Waals surface area contributed by atoms with Crippen molar-refractivity contribution in [3.8, 4) is 0 Å². The Morgan fingerprint density at radius 1 is 1.50 bits per heavy atom. The van der Waals surface area contributed by atoms with Crippen LogP contribution in [-0.4, -0.2) is 27.5 Å². The lowest BCUT2D eigenvalue weighted by Gasteiger charge is -2.28. The van der Waals surface area contributed by atoms with Gasteiger partial charge in [-0.2, -0.15) is 5.10 Å². The van der Waals surface area contributed by atoms with E-state index in [4.69, 9.17) is 5.11 Å². The normalized spacial score (nSPS) is 19.2. The lowest BCUT2D eigenvalue weighted by atomic mass is 9.92. The molecule has 18 heavy (non-hydrogen) atoms. The van der Waals surface area contributed by atoms with Gasteiger partial charge in [-0.05, 0) is 32.1 Å². The maximum absolute atomic E-state index is 9.05. The first kappa shape index (κ1) is 13.6. The summed E-state index contributed by atoms with van der Waals surface area (Å²) in [6.45, 7) is 5.26. The summed E-state index contributed by atoms with van der Waals surface area (Å²) in [5.74, 6) is 0. The zero-order valence-corrected chi connectivity index (χ0v) is 11.5. The van der Waals surface area contributed by atoms with Gasteiger partial charge in [-0.15, -0.1) is 0 Å². The maximum atomic E-state index is 9.05. The van der Waals surface area contributed by atoms with Crippen molar-refractivity contribution in [1.29, 1.82) is 0 Å². The van der Waals surface area contributed by atoms with Gasteiger partial charge >= 0.3 is 0 Å². The van der Waals surface area contributed by atoms with Crippen LogP contribution in [0.2, 0.25) is 0 Å². The fraction of sp³-hybridized carbons (Fsp3) is 0.786. The topological polar surface area (TPSA) is 50.1 Å². The van der Waals surface area contributed by atoms with Crippen LogP contribution >= 0.6 is 0 Å². The van der Waals surface area contributed by atoms with Crippen molar-refractivity contribution in [2.75, 3.05) is 6.61 Å². The number of hydrogen-bond donors (Lipinski definition) is 2. The van der Waals surface area contributed by atoms with E-state index in [9.17, 15) is 0 Å². The third kappa shape index (κ3) is 2.75. The van der Waals surface area contributed by atoms with Crippen LogP contribution in [0.3, 0.4) is 0 Å². The van der Waals surface area contributed by atoms with Crippen molar-refractivity contribution < 1.29 is 5.11 Å². The molecule has 102 valence electrons. The highest BCUT2D eigenvalue weighted by molar-refractivity contribution is 5.25. The standard InChI is InChI=1S/C14H25N3O/c1-3-11(4-2)16-13-6-5-7-14-12(13)10-15-17(14)8-9-18/h10-11,13,16,18H,3-9H2,1-2H3. The van der Waals surface area contributed by atoms with E-state index in [1.807, 2.05) is 10.9 Å². The average Bonchev–Trinajstić information content (AvgIpc) is 2.81. The largest absolute Gasteiger partial charge is 0.394 e. The van der Waals surface area contributed by atoms with Gasteiger partial charge in [-0.25, -0.2) is 0 Å². The van der Waals surface area contributed by atoms with Gasteiger partial charge in [-0.1, -0.05) is 13.8 Å². The van der Waals surface area contributed by atoms with E-state index in [0.29, 0.717) is 18.6 Å². The van der Waals surface area contributed by atoms with Gasteiger partial charge in [0.15, 0.2) is 0 Å². The summed E-state index contributed by atoms with van der Waals surface area (Å²) in [4.78, 5) is 0. The molecule has 1 aliphatic carbocycles. The molecule has 1 aromatic heterocycles. The van der Waals surface area contributed by atoms with Crippen LogP contribution in [0.5, 0.6) is 0 Å². The van der Waals surface area contributed by atoms with Crippen molar-refractivity contribution in [3.05, 3.63) is 17.5 Å². The second-order valence-corrected chi connectivity index (χ2v) is 5.12. The quantitative estimate of drug-likeness (QED) is 0.813. The van der Waals surface area contributed by atoms with E-state index in [1.165, 1.54) is 36.9 Å². The fourth-order valence-corrected chi connectivity index (χ4v) is 2.89. The monoisotopic (exact) mass is 251 g/mol. The van der Waals surface area contributed by atoms with Crippen molar-refractivity contribution in [1.82, 2.24) is 15.1 Å². The highest BCUT2D eigenvalue weighted by Gasteiger charge is 2.25. The van der Waals surface area contributed by atoms with Crippen LogP contribution in [0.4, 0.5) is 0 Å². The Kier molecular flexibility index (Phi) is 4.78. The average molecular weight is 251 g/mol. The number of aliphatic hydroxyl groups excluding tert-OH is 1. The van der Waals surface area contributed by atoms with Crippen molar-refractivity contribution in [2.45, 2.75) is 64.6 Å². The molecule has 1 aliphatic rings. The lowest BCUT2D eigenvalue weighted by molar-refractivity contribution is 0.266. The first-order chi connectivity index (χ1) is 8.80. The second-order valence-electron chi connectivity index (χ2n) is 5.12. The molecule has 0 aromatic carbocycles. The van der Waals surface area contributed by atoms with E-state index in [1.54, 1.807) is 0 Å². The molecule has 0 bridgehead atoms. The molecule has 1 aromatic rings. The highest BCUT2D eigenvalue weighted by atomic mass is 16.3. The Balaban J connectivity index is 2.13. The molecular formula is C14H25N3O. The summed E-state index contributed by atoms with van der Waals surface area (Å²) in [5.41, 5.74) is 2.67. The van der Waals surface area contributed by atoms with Crippen molar-refractivity contribution in [3.63, 3.8) is 0 Å². The Morgan fingerprint density at radius 3 is 2.94 bits per heavy atom. The molecule has 0 radical (unpaired) electrons. The predicted molar refractivity (Wildman–Crippen MR) is 72.5 cm³/mol. The molecule has 4 heteroatoms. The Labute approximate surface area is 109 Å². The SMILES string of the molecule is CCC(CC)NC1CCCc2c1cnn2CCO. The molecule has 0 saturated carbocycles. The molecular weight excluding hydrogens is 226 g/mol. The summed E-state index contributed by atoms with van der Waals surface area (Å²) in [6.07, 6.45) is 7.84. The molecule has 1 heterocycles. The number of aromatic nitrogens is 2. The Hall–Kier alpha value is -0.870. The molecule has 0 spiro atoms. The molecule has 0 amide bonds. The van der Waals surface area contributed by atoms with Crippen LogP contribution in [0.15, 0.2) is 6.20 Å². The third-order valence-electron chi connectivity index (χ3n) is 4.00.